The summed E-state index contributed by atoms with van der Waals surface area (Å²) in [4.78, 5) is 17.3. The fourth-order valence-electron chi connectivity index (χ4n) is 3.32. The van der Waals surface area contributed by atoms with E-state index in [0.717, 1.165) is 11.4 Å². The molecule has 1 unspecified atom stereocenters. The largest absolute Gasteiger partial charge is 0.457 e. The van der Waals surface area contributed by atoms with E-state index < -0.39 is 0 Å². The monoisotopic (exact) mass is 418 g/mol. The number of amides is 1. The highest BCUT2D eigenvalue weighted by Gasteiger charge is 2.13. The molecule has 1 heterocycles. The molecule has 162 valence electrons. The highest BCUT2D eigenvalue weighted by Crippen LogP contribution is 2.23. The highest BCUT2D eigenvalue weighted by atomic mass is 16.5. The lowest BCUT2D eigenvalue weighted by atomic mass is 10.1. The van der Waals surface area contributed by atoms with Crippen molar-refractivity contribution >= 4 is 11.6 Å². The predicted molar refractivity (Wildman–Crippen MR) is 124 cm³/mol. The molecule has 0 fully saturated rings. The van der Waals surface area contributed by atoms with Gasteiger partial charge >= 0.3 is 0 Å². The third kappa shape index (κ3) is 6.66. The van der Waals surface area contributed by atoms with E-state index in [1.807, 2.05) is 95.3 Å². The van der Waals surface area contributed by atoms with E-state index in [0.29, 0.717) is 29.1 Å². The Labute approximate surface area is 184 Å². The quantitative estimate of drug-likeness (QED) is 0.480. The topological polar surface area (TPSA) is 60.5 Å². The Kier molecular flexibility index (Phi) is 7.42. The van der Waals surface area contributed by atoms with E-state index >= 15 is 0 Å². The summed E-state index contributed by atoms with van der Waals surface area (Å²) < 4.78 is 11.6. The van der Waals surface area contributed by atoms with Gasteiger partial charge in [-0.25, -0.2) is 0 Å². The third-order valence-corrected chi connectivity index (χ3v) is 4.76. The van der Waals surface area contributed by atoms with E-state index in [9.17, 15) is 4.79 Å². The minimum atomic E-state index is -0.185. The predicted octanol–water partition coefficient (Wildman–Crippen LogP) is 6.10. The minimum absolute atomic E-state index is 0.0761. The van der Waals surface area contributed by atoms with Gasteiger partial charge in [-0.15, -0.1) is 0 Å². The summed E-state index contributed by atoms with van der Waals surface area (Å²) in [6.07, 6.45) is 0.964. The van der Waals surface area contributed by atoms with Crippen LogP contribution in [-0.2, 0) is 11.2 Å². The average molecular weight is 419 g/mol. The van der Waals surface area contributed by atoms with E-state index in [1.54, 1.807) is 0 Å². The molecule has 0 aliphatic heterocycles. The molecule has 1 N–H and O–H groups in total. The standard InChI is InChI=1S/C26H30N2O3/c1-17(2)30-19(4)16-22-10-15-25(20(5)27-22)26(29)28-21-8-13-24(14-9-21)31-23-11-6-18(3)7-12-23/h6-15,17,19H,16H2,1-5H3,(H,28,29). The van der Waals surface area contributed by atoms with Crippen LogP contribution in [0.25, 0.3) is 0 Å². The molecule has 1 amide bonds. The molecule has 0 aliphatic rings. The van der Waals surface area contributed by atoms with Crippen LogP contribution < -0.4 is 10.1 Å². The van der Waals surface area contributed by atoms with Crippen molar-refractivity contribution in [2.24, 2.45) is 0 Å². The first-order valence-corrected chi connectivity index (χ1v) is 10.6. The summed E-state index contributed by atoms with van der Waals surface area (Å²) in [6.45, 7) is 9.95. The van der Waals surface area contributed by atoms with Gasteiger partial charge in [0.05, 0.1) is 23.5 Å². The summed E-state index contributed by atoms with van der Waals surface area (Å²) in [6, 6.07) is 18.9. The summed E-state index contributed by atoms with van der Waals surface area (Å²) in [5.41, 5.74) is 4.05. The molecule has 3 aromatic rings. The molecule has 1 atom stereocenters. The van der Waals surface area contributed by atoms with Gasteiger partial charge in [-0.1, -0.05) is 17.7 Å². The van der Waals surface area contributed by atoms with E-state index in [2.05, 4.69) is 10.3 Å². The molecule has 0 spiro atoms. The number of carbonyl (C=O) groups is 1. The summed E-state index contributed by atoms with van der Waals surface area (Å²) in [7, 11) is 0. The smallest absolute Gasteiger partial charge is 0.257 e. The maximum atomic E-state index is 12.7. The zero-order valence-electron chi connectivity index (χ0n) is 18.8. The number of hydrogen-bond acceptors (Lipinski definition) is 4. The van der Waals surface area contributed by atoms with E-state index in [4.69, 9.17) is 9.47 Å². The maximum Gasteiger partial charge on any atom is 0.257 e. The molecule has 2 aromatic carbocycles. The fraction of sp³-hybridized carbons (Fsp3) is 0.308. The number of rotatable bonds is 8. The van der Waals surface area contributed by atoms with Crippen molar-refractivity contribution < 1.29 is 14.3 Å². The molecule has 1 aromatic heterocycles. The second kappa shape index (κ2) is 10.2. The van der Waals surface area contributed by atoms with Crippen LogP contribution in [0.4, 0.5) is 5.69 Å². The number of aromatic nitrogens is 1. The Morgan fingerprint density at radius 3 is 2.10 bits per heavy atom. The SMILES string of the molecule is Cc1ccc(Oc2ccc(NC(=O)c3ccc(CC(C)OC(C)C)nc3C)cc2)cc1. The van der Waals surface area contributed by atoms with E-state index in [1.165, 1.54) is 5.56 Å². The van der Waals surface area contributed by atoms with Crippen LogP contribution in [0.1, 0.15) is 48.1 Å². The minimum Gasteiger partial charge on any atom is -0.457 e. The Hall–Kier alpha value is -3.18. The maximum absolute atomic E-state index is 12.7. The van der Waals surface area contributed by atoms with Crippen molar-refractivity contribution in [2.75, 3.05) is 5.32 Å². The molecular weight excluding hydrogens is 388 g/mol. The van der Waals surface area contributed by atoms with Gasteiger partial charge in [0.2, 0.25) is 0 Å². The van der Waals surface area contributed by atoms with Crippen LogP contribution in [0.2, 0.25) is 0 Å². The van der Waals surface area contributed by atoms with Crippen LogP contribution in [0.3, 0.4) is 0 Å². The first-order valence-electron chi connectivity index (χ1n) is 10.6. The zero-order chi connectivity index (χ0) is 22.4. The van der Waals surface area contributed by atoms with Gasteiger partial charge in [0.25, 0.3) is 5.91 Å². The molecule has 5 heteroatoms. The Bertz CT molecular complexity index is 1010. The molecule has 3 rings (SSSR count). The lowest BCUT2D eigenvalue weighted by Crippen LogP contribution is -2.18. The first kappa shape index (κ1) is 22.5. The second-order valence-corrected chi connectivity index (χ2v) is 8.03. The Morgan fingerprint density at radius 2 is 1.52 bits per heavy atom. The Balaban J connectivity index is 1.61. The molecule has 0 saturated heterocycles. The lowest BCUT2D eigenvalue weighted by Gasteiger charge is -2.16. The normalized spacial score (nSPS) is 11.9. The third-order valence-electron chi connectivity index (χ3n) is 4.76. The number of nitrogens with one attached hydrogen (secondary N) is 1. The van der Waals surface area contributed by atoms with Gasteiger partial charge < -0.3 is 14.8 Å². The molecule has 0 radical (unpaired) electrons. The average Bonchev–Trinajstić information content (AvgIpc) is 2.70. The highest BCUT2D eigenvalue weighted by molar-refractivity contribution is 6.05. The number of aryl methyl sites for hydroxylation is 2. The van der Waals surface area contributed by atoms with Crippen molar-refractivity contribution in [3.8, 4) is 11.5 Å². The molecular formula is C26H30N2O3. The number of pyridine rings is 1. The number of benzene rings is 2. The molecule has 31 heavy (non-hydrogen) atoms. The molecule has 5 nitrogen and oxygen atoms in total. The van der Waals surface area contributed by atoms with Crippen molar-refractivity contribution in [1.82, 2.24) is 4.98 Å². The summed E-state index contributed by atoms with van der Waals surface area (Å²) in [5.74, 6) is 1.30. The Morgan fingerprint density at radius 1 is 0.903 bits per heavy atom. The number of hydrogen-bond donors (Lipinski definition) is 1. The van der Waals surface area contributed by atoms with Crippen LogP contribution >= 0.6 is 0 Å². The lowest BCUT2D eigenvalue weighted by molar-refractivity contribution is 0.0190. The van der Waals surface area contributed by atoms with Crippen LogP contribution in [0.5, 0.6) is 11.5 Å². The number of anilines is 1. The van der Waals surface area contributed by atoms with Gasteiger partial charge in [0.1, 0.15) is 11.5 Å². The molecule has 0 aliphatic carbocycles. The van der Waals surface area contributed by atoms with E-state index in [-0.39, 0.29) is 18.1 Å². The number of ether oxygens (including phenoxy) is 2. The van der Waals surface area contributed by atoms with Crippen molar-refractivity contribution in [3.63, 3.8) is 0 Å². The van der Waals surface area contributed by atoms with Gasteiger partial charge in [0, 0.05) is 17.8 Å². The molecule has 0 bridgehead atoms. The zero-order valence-corrected chi connectivity index (χ0v) is 18.8. The van der Waals surface area contributed by atoms with Crippen LogP contribution in [0.15, 0.2) is 60.7 Å². The van der Waals surface area contributed by atoms with Crippen LogP contribution in [-0.4, -0.2) is 23.1 Å². The van der Waals surface area contributed by atoms with Crippen LogP contribution in [0, 0.1) is 13.8 Å². The van der Waals surface area contributed by atoms with Gasteiger partial charge in [-0.3, -0.25) is 9.78 Å². The summed E-state index contributed by atoms with van der Waals surface area (Å²) >= 11 is 0. The molecule has 0 saturated carbocycles. The van der Waals surface area contributed by atoms with Crippen molar-refractivity contribution in [2.45, 2.75) is 53.2 Å². The van der Waals surface area contributed by atoms with Gasteiger partial charge in [-0.05, 0) is 83.1 Å². The van der Waals surface area contributed by atoms with Gasteiger partial charge in [0.15, 0.2) is 0 Å². The van der Waals surface area contributed by atoms with Crippen molar-refractivity contribution in [1.29, 1.82) is 0 Å². The number of nitrogens with zero attached hydrogens (tertiary/aromatic N) is 1. The van der Waals surface area contributed by atoms with Crippen molar-refractivity contribution in [3.05, 3.63) is 83.2 Å². The number of carbonyl (C=O) groups excluding carboxylic acids is 1. The summed E-state index contributed by atoms with van der Waals surface area (Å²) in [5, 5.41) is 2.92. The second-order valence-electron chi connectivity index (χ2n) is 8.03. The first-order chi connectivity index (χ1) is 14.8. The fourth-order valence-corrected chi connectivity index (χ4v) is 3.32. The van der Waals surface area contributed by atoms with Gasteiger partial charge in [-0.2, -0.15) is 0 Å².